The zero-order valence-electron chi connectivity index (χ0n) is 11.3. The van der Waals surface area contributed by atoms with Crippen LogP contribution in [0, 0.1) is 10.1 Å². The van der Waals surface area contributed by atoms with E-state index < -0.39 is 0 Å². The van der Waals surface area contributed by atoms with Crippen LogP contribution in [-0.4, -0.2) is 18.1 Å². The molecule has 1 saturated heterocycles. The molecular formula is C15H15N2O4+. The van der Waals surface area contributed by atoms with Crippen molar-refractivity contribution in [3.63, 3.8) is 0 Å². The fourth-order valence-electron chi connectivity index (χ4n) is 2.34. The summed E-state index contributed by atoms with van der Waals surface area (Å²) in [6.45, 7) is 1.69. The predicted octanol–water partition coefficient (Wildman–Crippen LogP) is 1.98. The molecule has 0 radical (unpaired) electrons. The van der Waals surface area contributed by atoms with Gasteiger partial charge in [0.2, 0.25) is 12.0 Å². The Hall–Kier alpha value is -2.31. The monoisotopic (exact) mass is 287 g/mol. The van der Waals surface area contributed by atoms with E-state index in [4.69, 9.17) is 9.47 Å². The van der Waals surface area contributed by atoms with Crippen LogP contribution < -0.4 is 4.57 Å². The Morgan fingerprint density at radius 3 is 2.76 bits per heavy atom. The van der Waals surface area contributed by atoms with Gasteiger partial charge in [0.05, 0.1) is 18.1 Å². The van der Waals surface area contributed by atoms with E-state index in [0.29, 0.717) is 19.8 Å². The Morgan fingerprint density at radius 1 is 1.19 bits per heavy atom. The molecule has 0 aliphatic carbocycles. The van der Waals surface area contributed by atoms with Crippen molar-refractivity contribution < 1.29 is 19.0 Å². The molecule has 6 nitrogen and oxygen atoms in total. The maximum absolute atomic E-state index is 10.8. The smallest absolute Gasteiger partial charge is 0.269 e. The number of nitro groups is 1. The van der Waals surface area contributed by atoms with Gasteiger partial charge in [-0.2, -0.15) is 4.57 Å². The van der Waals surface area contributed by atoms with E-state index in [-0.39, 0.29) is 16.9 Å². The minimum Gasteiger partial charge on any atom is -0.341 e. The second-order valence-electron chi connectivity index (χ2n) is 4.75. The van der Waals surface area contributed by atoms with Crippen LogP contribution in [0.25, 0.3) is 0 Å². The zero-order chi connectivity index (χ0) is 14.7. The van der Waals surface area contributed by atoms with Gasteiger partial charge in [0.25, 0.3) is 5.69 Å². The van der Waals surface area contributed by atoms with E-state index in [1.807, 2.05) is 35.0 Å². The quantitative estimate of drug-likeness (QED) is 0.490. The van der Waals surface area contributed by atoms with Crippen LogP contribution in [0.3, 0.4) is 0 Å². The molecule has 0 saturated carbocycles. The summed E-state index contributed by atoms with van der Waals surface area (Å²) in [5.74, 6) is 0. The van der Waals surface area contributed by atoms with Crippen molar-refractivity contribution in [1.29, 1.82) is 0 Å². The summed E-state index contributed by atoms with van der Waals surface area (Å²) in [7, 11) is 0. The van der Waals surface area contributed by atoms with Crippen molar-refractivity contribution in [3.8, 4) is 0 Å². The second-order valence-corrected chi connectivity index (χ2v) is 4.75. The first-order valence-electron chi connectivity index (χ1n) is 6.69. The maximum Gasteiger partial charge on any atom is 0.269 e. The van der Waals surface area contributed by atoms with Gasteiger partial charge in [0.15, 0.2) is 12.7 Å². The Morgan fingerprint density at radius 2 is 2.00 bits per heavy atom. The van der Waals surface area contributed by atoms with Crippen LogP contribution >= 0.6 is 0 Å². The summed E-state index contributed by atoms with van der Waals surface area (Å²) < 4.78 is 13.0. The molecule has 0 spiro atoms. The van der Waals surface area contributed by atoms with Gasteiger partial charge in [-0.25, -0.2) is 0 Å². The first-order valence-corrected chi connectivity index (χ1v) is 6.69. The number of rotatable bonds is 4. The average molecular weight is 287 g/mol. The third-order valence-electron chi connectivity index (χ3n) is 3.31. The van der Waals surface area contributed by atoms with Gasteiger partial charge < -0.3 is 9.47 Å². The lowest BCUT2D eigenvalue weighted by molar-refractivity contribution is -0.701. The third-order valence-corrected chi connectivity index (χ3v) is 3.31. The molecule has 0 unspecified atom stereocenters. The number of hydrogen-bond donors (Lipinski definition) is 0. The molecule has 0 N–H and O–H groups in total. The molecule has 1 aliphatic rings. The number of hydrogen-bond acceptors (Lipinski definition) is 4. The van der Waals surface area contributed by atoms with E-state index >= 15 is 0 Å². The zero-order valence-corrected chi connectivity index (χ0v) is 11.3. The second kappa shape index (κ2) is 5.99. The first-order chi connectivity index (χ1) is 10.2. The molecule has 108 valence electrons. The van der Waals surface area contributed by atoms with Crippen LogP contribution in [-0.2, 0) is 16.0 Å². The van der Waals surface area contributed by atoms with E-state index in [0.717, 1.165) is 11.3 Å². The van der Waals surface area contributed by atoms with Gasteiger partial charge in [-0.05, 0) is 6.07 Å². The lowest BCUT2D eigenvalue weighted by Gasteiger charge is -2.08. The molecule has 1 aromatic heterocycles. The van der Waals surface area contributed by atoms with Gasteiger partial charge in [-0.1, -0.05) is 12.1 Å². The standard InChI is InChI=1S/C15H15N2O4/c18-17(19)13-5-3-4-12(10-13)11-16-7-2-1-6-14(16)15-20-8-9-21-15/h1-7,10,15H,8-9,11H2/q+1. The molecule has 21 heavy (non-hydrogen) atoms. The van der Waals surface area contributed by atoms with E-state index in [2.05, 4.69) is 0 Å². The Labute approximate surface area is 121 Å². The highest BCUT2D eigenvalue weighted by Crippen LogP contribution is 2.20. The number of benzene rings is 1. The molecule has 2 aromatic rings. The number of non-ortho nitro benzene ring substituents is 1. The lowest BCUT2D eigenvalue weighted by Crippen LogP contribution is -2.40. The van der Waals surface area contributed by atoms with Crippen molar-refractivity contribution in [3.05, 3.63) is 70.0 Å². The van der Waals surface area contributed by atoms with Crippen molar-refractivity contribution >= 4 is 5.69 Å². The number of ether oxygens (including phenoxy) is 2. The molecular weight excluding hydrogens is 272 g/mol. The molecule has 6 heteroatoms. The maximum atomic E-state index is 10.8. The Bertz CT molecular complexity index is 654. The minimum absolute atomic E-state index is 0.0962. The molecule has 0 bridgehead atoms. The van der Waals surface area contributed by atoms with E-state index in [1.54, 1.807) is 12.1 Å². The van der Waals surface area contributed by atoms with Gasteiger partial charge in [-0.15, -0.1) is 0 Å². The highest BCUT2D eigenvalue weighted by Gasteiger charge is 2.27. The topological polar surface area (TPSA) is 65.5 Å². The number of aromatic nitrogens is 1. The summed E-state index contributed by atoms with van der Waals surface area (Å²) in [5.41, 5.74) is 1.86. The summed E-state index contributed by atoms with van der Waals surface area (Å²) >= 11 is 0. The average Bonchev–Trinajstić information content (AvgIpc) is 3.02. The van der Waals surface area contributed by atoms with Crippen LogP contribution in [0.1, 0.15) is 17.5 Å². The van der Waals surface area contributed by atoms with Crippen molar-refractivity contribution in [2.45, 2.75) is 12.8 Å². The van der Waals surface area contributed by atoms with Crippen molar-refractivity contribution in [2.75, 3.05) is 13.2 Å². The summed E-state index contributed by atoms with van der Waals surface area (Å²) in [5, 5.41) is 10.8. The van der Waals surface area contributed by atoms with Gasteiger partial charge in [0, 0.05) is 29.8 Å². The summed E-state index contributed by atoms with van der Waals surface area (Å²) in [6.07, 6.45) is 1.55. The number of pyridine rings is 1. The van der Waals surface area contributed by atoms with E-state index in [9.17, 15) is 10.1 Å². The predicted molar refractivity (Wildman–Crippen MR) is 73.5 cm³/mol. The fraction of sp³-hybridized carbons (Fsp3) is 0.267. The summed E-state index contributed by atoms with van der Waals surface area (Å²) in [6, 6.07) is 12.4. The highest BCUT2D eigenvalue weighted by molar-refractivity contribution is 5.33. The van der Waals surface area contributed by atoms with E-state index in [1.165, 1.54) is 6.07 Å². The van der Waals surface area contributed by atoms with Crippen LogP contribution in [0.2, 0.25) is 0 Å². The summed E-state index contributed by atoms with van der Waals surface area (Å²) in [4.78, 5) is 10.5. The van der Waals surface area contributed by atoms with Gasteiger partial charge in [0.1, 0.15) is 0 Å². The van der Waals surface area contributed by atoms with Crippen molar-refractivity contribution in [2.24, 2.45) is 0 Å². The first kappa shape index (κ1) is 13.7. The molecule has 0 atom stereocenters. The molecule has 1 aliphatic heterocycles. The Balaban J connectivity index is 1.87. The normalized spacial score (nSPS) is 15.2. The highest BCUT2D eigenvalue weighted by atomic mass is 16.7. The SMILES string of the molecule is O=[N+]([O-])c1cccc(C[n+]2ccccc2C2OCCO2)c1. The minimum atomic E-state index is -0.386. The molecule has 3 rings (SSSR count). The molecule has 2 heterocycles. The number of nitrogens with zero attached hydrogens (tertiary/aromatic N) is 2. The lowest BCUT2D eigenvalue weighted by atomic mass is 10.2. The number of nitro benzene ring substituents is 1. The Kier molecular flexibility index (Phi) is 3.89. The van der Waals surface area contributed by atoms with Crippen LogP contribution in [0.4, 0.5) is 5.69 Å². The third kappa shape index (κ3) is 3.07. The fourth-order valence-corrected chi connectivity index (χ4v) is 2.34. The molecule has 1 fully saturated rings. The van der Waals surface area contributed by atoms with Crippen molar-refractivity contribution in [1.82, 2.24) is 0 Å². The van der Waals surface area contributed by atoms with Crippen LogP contribution in [0.15, 0.2) is 48.7 Å². The largest absolute Gasteiger partial charge is 0.341 e. The van der Waals surface area contributed by atoms with Gasteiger partial charge in [-0.3, -0.25) is 10.1 Å². The molecule has 0 amide bonds. The van der Waals surface area contributed by atoms with Gasteiger partial charge >= 0.3 is 0 Å². The molecule has 1 aromatic carbocycles. The van der Waals surface area contributed by atoms with Crippen LogP contribution in [0.5, 0.6) is 0 Å².